The molecule has 1 aromatic heterocycles. The third kappa shape index (κ3) is 3.10. The van der Waals surface area contributed by atoms with E-state index < -0.39 is 12.1 Å². The highest BCUT2D eigenvalue weighted by molar-refractivity contribution is 9.10. The monoisotopic (exact) mass is 256 g/mol. The number of halogens is 4. The van der Waals surface area contributed by atoms with Crippen LogP contribution in [0.2, 0.25) is 0 Å². The van der Waals surface area contributed by atoms with E-state index in [4.69, 9.17) is 5.73 Å². The normalized spacial score (nSPS) is 11.4. The van der Waals surface area contributed by atoms with Crippen LogP contribution in [0.25, 0.3) is 0 Å². The summed E-state index contributed by atoms with van der Waals surface area (Å²) in [5.74, 6) is -0.437. The van der Waals surface area contributed by atoms with Crippen molar-refractivity contribution in [2.75, 3.05) is 5.73 Å². The second kappa shape index (κ2) is 3.41. The molecule has 0 fully saturated rings. The maximum atomic E-state index is 11.7. The zero-order valence-corrected chi connectivity index (χ0v) is 7.69. The molecule has 0 atom stereocenters. The van der Waals surface area contributed by atoms with Crippen molar-refractivity contribution in [3.05, 3.63) is 16.9 Å². The van der Waals surface area contributed by atoms with Crippen molar-refractivity contribution < 1.29 is 17.9 Å². The topological polar surface area (TPSA) is 48.1 Å². The van der Waals surface area contributed by atoms with Gasteiger partial charge in [-0.3, -0.25) is 0 Å². The van der Waals surface area contributed by atoms with Crippen LogP contribution in [0.3, 0.4) is 0 Å². The largest absolute Gasteiger partial charge is 0.573 e. The molecule has 0 aliphatic rings. The number of anilines is 1. The third-order valence-electron chi connectivity index (χ3n) is 1.07. The van der Waals surface area contributed by atoms with Gasteiger partial charge in [-0.05, 0) is 15.9 Å². The van der Waals surface area contributed by atoms with E-state index in [-0.39, 0.29) is 10.3 Å². The second-order valence-corrected chi connectivity index (χ2v) is 2.85. The van der Waals surface area contributed by atoms with Crippen LogP contribution in [0.15, 0.2) is 16.9 Å². The van der Waals surface area contributed by atoms with Crippen molar-refractivity contribution in [2.45, 2.75) is 6.36 Å². The lowest BCUT2D eigenvalue weighted by atomic mass is 10.4. The van der Waals surface area contributed by atoms with Crippen molar-refractivity contribution in [3.8, 4) is 5.75 Å². The van der Waals surface area contributed by atoms with E-state index >= 15 is 0 Å². The molecule has 0 unspecified atom stereocenters. The van der Waals surface area contributed by atoms with Gasteiger partial charge in [-0.25, -0.2) is 4.98 Å². The number of rotatable bonds is 1. The molecule has 13 heavy (non-hydrogen) atoms. The molecule has 1 aromatic rings. The molecule has 0 amide bonds. The van der Waals surface area contributed by atoms with Crippen LogP contribution >= 0.6 is 15.9 Å². The van der Waals surface area contributed by atoms with Crippen molar-refractivity contribution >= 4 is 21.6 Å². The molecule has 0 saturated heterocycles. The summed E-state index contributed by atoms with van der Waals surface area (Å²) in [5, 5.41) is 0. The van der Waals surface area contributed by atoms with E-state index in [1.54, 1.807) is 0 Å². The van der Waals surface area contributed by atoms with Crippen LogP contribution in [0.4, 0.5) is 18.9 Å². The predicted octanol–water partition coefficient (Wildman–Crippen LogP) is 2.32. The van der Waals surface area contributed by atoms with Crippen molar-refractivity contribution in [1.82, 2.24) is 4.98 Å². The molecule has 0 aliphatic carbocycles. The smallest absolute Gasteiger partial charge is 0.404 e. The fraction of sp³-hybridized carbons (Fsp3) is 0.167. The molecule has 1 rings (SSSR count). The highest BCUT2D eigenvalue weighted by Gasteiger charge is 2.31. The van der Waals surface area contributed by atoms with Gasteiger partial charge < -0.3 is 10.5 Å². The van der Waals surface area contributed by atoms with Gasteiger partial charge in [0.1, 0.15) is 10.4 Å². The fourth-order valence-corrected chi connectivity index (χ4v) is 0.851. The van der Waals surface area contributed by atoms with E-state index in [1.165, 1.54) is 0 Å². The molecule has 3 nitrogen and oxygen atoms in total. The number of pyridine rings is 1. The molecule has 0 bridgehead atoms. The minimum atomic E-state index is -4.72. The van der Waals surface area contributed by atoms with E-state index in [0.29, 0.717) is 0 Å². The molecule has 0 saturated carbocycles. The number of ether oxygens (including phenoxy) is 1. The van der Waals surface area contributed by atoms with Gasteiger partial charge in [0.25, 0.3) is 0 Å². The second-order valence-electron chi connectivity index (χ2n) is 2.10. The summed E-state index contributed by atoms with van der Waals surface area (Å²) in [4.78, 5) is 3.53. The van der Waals surface area contributed by atoms with Gasteiger partial charge in [0, 0.05) is 6.07 Å². The molecular weight excluding hydrogens is 253 g/mol. The number of hydrogen-bond acceptors (Lipinski definition) is 3. The first-order valence-electron chi connectivity index (χ1n) is 3.05. The maximum absolute atomic E-state index is 11.7. The molecule has 0 spiro atoms. The SMILES string of the molecule is Nc1cc(OC(F)(F)F)cnc1Br. The van der Waals surface area contributed by atoms with E-state index in [0.717, 1.165) is 12.3 Å². The van der Waals surface area contributed by atoms with Gasteiger partial charge in [0.05, 0.1) is 11.9 Å². The van der Waals surface area contributed by atoms with Crippen LogP contribution in [-0.2, 0) is 0 Å². The first kappa shape index (κ1) is 10.1. The number of nitrogen functional groups attached to an aromatic ring is 1. The molecular formula is C6H4BrF3N2O. The van der Waals surface area contributed by atoms with Gasteiger partial charge in [-0.1, -0.05) is 0 Å². The average molecular weight is 257 g/mol. The number of nitrogens with zero attached hydrogens (tertiary/aromatic N) is 1. The zero-order valence-electron chi connectivity index (χ0n) is 6.10. The Morgan fingerprint density at radius 3 is 2.54 bits per heavy atom. The zero-order chi connectivity index (χ0) is 10.1. The summed E-state index contributed by atoms with van der Waals surface area (Å²) in [5.41, 5.74) is 5.37. The third-order valence-corrected chi connectivity index (χ3v) is 1.74. The standard InChI is InChI=1S/C6H4BrF3N2O/c7-5-4(11)1-3(2-12-5)13-6(8,9)10/h1-2H,11H2. The van der Waals surface area contributed by atoms with Crippen LogP contribution in [0.1, 0.15) is 0 Å². The minimum absolute atomic E-state index is 0.0850. The average Bonchev–Trinajstić information content (AvgIpc) is 1.94. The molecule has 0 radical (unpaired) electrons. The minimum Gasteiger partial charge on any atom is -0.404 e. The lowest BCUT2D eigenvalue weighted by Gasteiger charge is -2.08. The van der Waals surface area contributed by atoms with Gasteiger partial charge in [-0.2, -0.15) is 0 Å². The van der Waals surface area contributed by atoms with Gasteiger partial charge in [0.2, 0.25) is 0 Å². The quantitative estimate of drug-likeness (QED) is 0.785. The summed E-state index contributed by atoms with van der Waals surface area (Å²) in [6, 6.07) is 1.03. The summed E-state index contributed by atoms with van der Waals surface area (Å²) in [7, 11) is 0. The molecule has 0 aliphatic heterocycles. The number of aromatic nitrogens is 1. The van der Waals surface area contributed by atoms with E-state index in [1.807, 2.05) is 0 Å². The van der Waals surface area contributed by atoms with Gasteiger partial charge in [0.15, 0.2) is 0 Å². The Morgan fingerprint density at radius 2 is 2.08 bits per heavy atom. The van der Waals surface area contributed by atoms with Crippen molar-refractivity contribution in [1.29, 1.82) is 0 Å². The van der Waals surface area contributed by atoms with E-state index in [9.17, 15) is 13.2 Å². The maximum Gasteiger partial charge on any atom is 0.573 e. The Kier molecular flexibility index (Phi) is 2.65. The molecule has 2 N–H and O–H groups in total. The van der Waals surface area contributed by atoms with Crippen molar-refractivity contribution in [3.63, 3.8) is 0 Å². The van der Waals surface area contributed by atoms with Crippen LogP contribution in [-0.4, -0.2) is 11.3 Å². The highest BCUT2D eigenvalue weighted by atomic mass is 79.9. The summed E-state index contributed by atoms with van der Waals surface area (Å²) in [6.07, 6.45) is -3.80. The molecule has 1 heterocycles. The first-order chi connectivity index (χ1) is 5.88. The summed E-state index contributed by atoms with van der Waals surface area (Å²) >= 11 is 2.94. The lowest BCUT2D eigenvalue weighted by Crippen LogP contribution is -2.17. The van der Waals surface area contributed by atoms with Crippen LogP contribution < -0.4 is 10.5 Å². The van der Waals surface area contributed by atoms with Gasteiger partial charge in [-0.15, -0.1) is 13.2 Å². The molecule has 72 valence electrons. The Balaban J connectivity index is 2.86. The Hall–Kier alpha value is -0.980. The van der Waals surface area contributed by atoms with Crippen molar-refractivity contribution in [2.24, 2.45) is 0 Å². The number of hydrogen-bond donors (Lipinski definition) is 1. The van der Waals surface area contributed by atoms with E-state index in [2.05, 4.69) is 25.7 Å². The lowest BCUT2D eigenvalue weighted by molar-refractivity contribution is -0.274. The highest BCUT2D eigenvalue weighted by Crippen LogP contribution is 2.26. The molecule has 7 heteroatoms. The Labute approximate surface area is 79.8 Å². The summed E-state index contributed by atoms with van der Waals surface area (Å²) < 4.78 is 38.9. The van der Waals surface area contributed by atoms with Crippen LogP contribution in [0.5, 0.6) is 5.75 Å². The number of nitrogens with two attached hydrogens (primary N) is 1. The van der Waals surface area contributed by atoms with Crippen LogP contribution in [0, 0.1) is 0 Å². The first-order valence-corrected chi connectivity index (χ1v) is 3.84. The number of alkyl halides is 3. The predicted molar refractivity (Wildman–Crippen MR) is 43.0 cm³/mol. The fourth-order valence-electron chi connectivity index (χ4n) is 0.634. The molecule has 0 aromatic carbocycles. The Morgan fingerprint density at radius 1 is 1.46 bits per heavy atom. The summed E-state index contributed by atoms with van der Waals surface area (Å²) in [6.45, 7) is 0. The van der Waals surface area contributed by atoms with Gasteiger partial charge >= 0.3 is 6.36 Å². The Bertz CT molecular complexity index is 315.